The molecule has 0 atom stereocenters. The van der Waals surface area contributed by atoms with Crippen molar-refractivity contribution in [2.24, 2.45) is 0 Å². The lowest BCUT2D eigenvalue weighted by Gasteiger charge is -2.50. The molecule has 2 aliphatic rings. The van der Waals surface area contributed by atoms with Crippen molar-refractivity contribution in [3.8, 4) is 0 Å². The molecule has 120 valence electrons. The Morgan fingerprint density at radius 2 is 1.52 bits per heavy atom. The SMILES string of the molecule is CN1Cc2ccccc2CC12CCN(Cc1ccccc1)CC2. The zero-order valence-electron chi connectivity index (χ0n) is 14.0. The summed E-state index contributed by atoms with van der Waals surface area (Å²) in [6.07, 6.45) is 3.79. The number of hydrogen-bond acceptors (Lipinski definition) is 2. The van der Waals surface area contributed by atoms with Gasteiger partial charge in [-0.1, -0.05) is 54.6 Å². The third kappa shape index (κ3) is 2.93. The molecule has 1 fully saturated rings. The largest absolute Gasteiger partial charge is 0.299 e. The van der Waals surface area contributed by atoms with Crippen molar-refractivity contribution in [3.05, 3.63) is 71.3 Å². The van der Waals surface area contributed by atoms with Crippen LogP contribution in [-0.4, -0.2) is 35.5 Å². The van der Waals surface area contributed by atoms with E-state index >= 15 is 0 Å². The molecular formula is C21H26N2. The maximum atomic E-state index is 2.62. The van der Waals surface area contributed by atoms with Crippen LogP contribution in [0.4, 0.5) is 0 Å². The fourth-order valence-corrected chi connectivity index (χ4v) is 4.32. The van der Waals surface area contributed by atoms with Gasteiger partial charge in [0.15, 0.2) is 0 Å². The van der Waals surface area contributed by atoms with E-state index in [1.807, 2.05) is 0 Å². The highest BCUT2D eigenvalue weighted by molar-refractivity contribution is 5.32. The number of likely N-dealkylation sites (tertiary alicyclic amines) is 1. The molecule has 0 radical (unpaired) electrons. The third-order valence-electron chi connectivity index (χ3n) is 5.89. The van der Waals surface area contributed by atoms with E-state index in [0.29, 0.717) is 5.54 Å². The first kappa shape index (κ1) is 14.9. The summed E-state index contributed by atoms with van der Waals surface area (Å²) < 4.78 is 0. The normalized spacial score (nSPS) is 21.3. The van der Waals surface area contributed by atoms with Gasteiger partial charge >= 0.3 is 0 Å². The van der Waals surface area contributed by atoms with Crippen molar-refractivity contribution in [2.45, 2.75) is 37.9 Å². The Bertz CT molecular complexity index is 657. The van der Waals surface area contributed by atoms with Crippen LogP contribution in [0.15, 0.2) is 54.6 Å². The van der Waals surface area contributed by atoms with Gasteiger partial charge in [-0.3, -0.25) is 9.80 Å². The molecule has 0 bridgehead atoms. The van der Waals surface area contributed by atoms with Gasteiger partial charge in [0.1, 0.15) is 0 Å². The van der Waals surface area contributed by atoms with Gasteiger partial charge in [0, 0.05) is 31.7 Å². The second-order valence-corrected chi connectivity index (χ2v) is 7.29. The van der Waals surface area contributed by atoms with Gasteiger partial charge in [-0.05, 0) is 43.0 Å². The smallest absolute Gasteiger partial charge is 0.0274 e. The molecule has 1 saturated heterocycles. The Labute approximate surface area is 139 Å². The van der Waals surface area contributed by atoms with Crippen molar-refractivity contribution < 1.29 is 0 Å². The molecule has 0 saturated carbocycles. The summed E-state index contributed by atoms with van der Waals surface area (Å²) in [7, 11) is 2.32. The molecule has 2 nitrogen and oxygen atoms in total. The number of piperidine rings is 1. The van der Waals surface area contributed by atoms with Gasteiger partial charge in [0.05, 0.1) is 0 Å². The van der Waals surface area contributed by atoms with E-state index in [9.17, 15) is 0 Å². The molecule has 2 heteroatoms. The average Bonchev–Trinajstić information content (AvgIpc) is 2.59. The van der Waals surface area contributed by atoms with Crippen molar-refractivity contribution in [1.29, 1.82) is 0 Å². The fourth-order valence-electron chi connectivity index (χ4n) is 4.32. The van der Waals surface area contributed by atoms with Gasteiger partial charge in [-0.25, -0.2) is 0 Å². The first-order valence-corrected chi connectivity index (χ1v) is 8.80. The molecule has 4 rings (SSSR count). The Morgan fingerprint density at radius 1 is 0.870 bits per heavy atom. The monoisotopic (exact) mass is 306 g/mol. The van der Waals surface area contributed by atoms with E-state index in [4.69, 9.17) is 0 Å². The highest BCUT2D eigenvalue weighted by Gasteiger charge is 2.40. The summed E-state index contributed by atoms with van der Waals surface area (Å²) in [5.74, 6) is 0. The maximum Gasteiger partial charge on any atom is 0.0274 e. The summed E-state index contributed by atoms with van der Waals surface area (Å²) >= 11 is 0. The van der Waals surface area contributed by atoms with Crippen LogP contribution in [0.3, 0.4) is 0 Å². The first-order chi connectivity index (χ1) is 11.3. The van der Waals surface area contributed by atoms with Gasteiger partial charge in [0.2, 0.25) is 0 Å². The molecule has 1 spiro atoms. The number of rotatable bonds is 2. The fraction of sp³-hybridized carbons (Fsp3) is 0.429. The summed E-state index contributed by atoms with van der Waals surface area (Å²) in [6.45, 7) is 4.62. The summed E-state index contributed by atoms with van der Waals surface area (Å²) in [5, 5.41) is 0. The van der Waals surface area contributed by atoms with Gasteiger partial charge in [0.25, 0.3) is 0 Å². The second kappa shape index (κ2) is 6.10. The van der Waals surface area contributed by atoms with E-state index in [-0.39, 0.29) is 0 Å². The van der Waals surface area contributed by atoms with Gasteiger partial charge < -0.3 is 0 Å². The summed E-state index contributed by atoms with van der Waals surface area (Å²) in [5.41, 5.74) is 4.90. The van der Waals surface area contributed by atoms with E-state index in [1.165, 1.54) is 43.5 Å². The number of likely N-dealkylation sites (N-methyl/N-ethyl adjacent to an activating group) is 1. The zero-order valence-corrected chi connectivity index (χ0v) is 14.0. The lowest BCUT2D eigenvalue weighted by Crippen LogP contribution is -2.56. The first-order valence-electron chi connectivity index (χ1n) is 8.80. The highest BCUT2D eigenvalue weighted by atomic mass is 15.2. The third-order valence-corrected chi connectivity index (χ3v) is 5.89. The maximum absolute atomic E-state index is 2.62. The Balaban J connectivity index is 1.44. The minimum absolute atomic E-state index is 0.377. The van der Waals surface area contributed by atoms with Crippen LogP contribution < -0.4 is 0 Å². The standard InChI is InChI=1S/C21H26N2/c1-22-17-20-10-6-5-9-19(20)15-21(22)11-13-23(14-12-21)16-18-7-3-2-4-8-18/h2-10H,11-17H2,1H3. The van der Waals surface area contributed by atoms with Crippen LogP contribution >= 0.6 is 0 Å². The van der Waals surface area contributed by atoms with Crippen LogP contribution in [0.25, 0.3) is 0 Å². The Kier molecular flexibility index (Phi) is 3.96. The van der Waals surface area contributed by atoms with Crippen LogP contribution in [0.5, 0.6) is 0 Å². The predicted octanol–water partition coefficient (Wildman–Crippen LogP) is 3.71. The average molecular weight is 306 g/mol. The van der Waals surface area contributed by atoms with Crippen molar-refractivity contribution in [3.63, 3.8) is 0 Å². The molecule has 23 heavy (non-hydrogen) atoms. The topological polar surface area (TPSA) is 6.48 Å². The minimum atomic E-state index is 0.377. The second-order valence-electron chi connectivity index (χ2n) is 7.29. The Hall–Kier alpha value is -1.64. The van der Waals surface area contributed by atoms with Crippen LogP contribution in [0.2, 0.25) is 0 Å². The van der Waals surface area contributed by atoms with Crippen LogP contribution in [-0.2, 0) is 19.5 Å². The molecule has 0 aromatic heterocycles. The van der Waals surface area contributed by atoms with Crippen LogP contribution in [0, 0.1) is 0 Å². The Morgan fingerprint density at radius 3 is 2.26 bits per heavy atom. The van der Waals surface area contributed by atoms with Crippen molar-refractivity contribution in [1.82, 2.24) is 9.80 Å². The molecular weight excluding hydrogens is 280 g/mol. The van der Waals surface area contributed by atoms with Crippen molar-refractivity contribution >= 4 is 0 Å². The van der Waals surface area contributed by atoms with E-state index in [0.717, 1.165) is 13.1 Å². The quantitative estimate of drug-likeness (QED) is 0.834. The molecule has 2 aromatic rings. The number of nitrogens with zero attached hydrogens (tertiary/aromatic N) is 2. The number of benzene rings is 2. The van der Waals surface area contributed by atoms with E-state index < -0.39 is 0 Å². The van der Waals surface area contributed by atoms with E-state index in [1.54, 1.807) is 5.56 Å². The molecule has 0 N–H and O–H groups in total. The molecule has 0 unspecified atom stereocenters. The molecule has 2 heterocycles. The molecule has 0 aliphatic carbocycles. The van der Waals surface area contributed by atoms with Crippen LogP contribution in [0.1, 0.15) is 29.5 Å². The lowest BCUT2D eigenvalue weighted by molar-refractivity contribution is 0.0227. The molecule has 2 aromatic carbocycles. The predicted molar refractivity (Wildman–Crippen MR) is 95.3 cm³/mol. The van der Waals surface area contributed by atoms with Gasteiger partial charge in [-0.2, -0.15) is 0 Å². The van der Waals surface area contributed by atoms with Crippen molar-refractivity contribution in [2.75, 3.05) is 20.1 Å². The van der Waals surface area contributed by atoms with Gasteiger partial charge in [-0.15, -0.1) is 0 Å². The minimum Gasteiger partial charge on any atom is -0.299 e. The number of fused-ring (bicyclic) bond motifs is 1. The number of hydrogen-bond donors (Lipinski definition) is 0. The zero-order chi connectivity index (χ0) is 15.7. The lowest BCUT2D eigenvalue weighted by atomic mass is 9.76. The molecule has 2 aliphatic heterocycles. The van der Waals surface area contributed by atoms with E-state index in [2.05, 4.69) is 71.4 Å². The highest BCUT2D eigenvalue weighted by Crippen LogP contribution is 2.37. The molecule has 0 amide bonds. The summed E-state index contributed by atoms with van der Waals surface area (Å²) in [4.78, 5) is 5.24. The summed E-state index contributed by atoms with van der Waals surface area (Å²) in [6, 6.07) is 19.9.